The van der Waals surface area contributed by atoms with E-state index in [-0.39, 0.29) is 89.5 Å². The number of amides is 8. The summed E-state index contributed by atoms with van der Waals surface area (Å²) in [6.07, 6.45) is -1.60. The Morgan fingerprint density at radius 1 is 0.580 bits per heavy atom. The molecule has 0 aromatic heterocycles. The molecule has 69 heavy (non-hydrogen) atoms. The van der Waals surface area contributed by atoms with Crippen LogP contribution in [0.3, 0.4) is 0 Å². The second-order valence-corrected chi connectivity index (χ2v) is 16.9. The van der Waals surface area contributed by atoms with Gasteiger partial charge in [0.2, 0.25) is 47.3 Å². The predicted octanol–water partition coefficient (Wildman–Crippen LogP) is -6.22. The number of carboxylic acid groups (broad SMARTS) is 3. The van der Waals surface area contributed by atoms with Crippen LogP contribution in [-0.2, 0) is 52.7 Å². The first-order valence-corrected chi connectivity index (χ1v) is 22.3. The highest BCUT2D eigenvalue weighted by molar-refractivity contribution is 5.99. The number of guanidine groups is 2. The highest BCUT2D eigenvalue weighted by Gasteiger charge is 2.42. The SMILES string of the molecule is CC(C)[C@H](NC(=O)[C@@H]1CCCN1C(=O)[C@H](CCCN=C(N)N)NC(=O)[C@@H](N)CC(=O)O)C(=O)N[C@@H](CCC(N)=O)C(=O)N1CCC[C@H]1C(=O)N[C@@H](CC(=O)O)C(=O)N[C@@H](CCCN=C(N)N)C(=O)O. The minimum Gasteiger partial charge on any atom is -0.481 e. The van der Waals surface area contributed by atoms with Gasteiger partial charge in [0.1, 0.15) is 42.3 Å². The Hall–Kier alpha value is -7.33. The van der Waals surface area contributed by atoms with Crippen LogP contribution in [0.2, 0.25) is 0 Å². The van der Waals surface area contributed by atoms with E-state index in [0.29, 0.717) is 6.42 Å². The monoisotopic (exact) mass is 981 g/mol. The van der Waals surface area contributed by atoms with Gasteiger partial charge in [0.15, 0.2) is 11.9 Å². The quantitative estimate of drug-likeness (QED) is 0.0188. The van der Waals surface area contributed by atoms with E-state index in [1.165, 1.54) is 4.90 Å². The molecule has 2 fully saturated rings. The summed E-state index contributed by atoms with van der Waals surface area (Å²) in [5.41, 5.74) is 32.5. The average Bonchev–Trinajstić information content (AvgIpc) is 3.96. The summed E-state index contributed by atoms with van der Waals surface area (Å²) < 4.78 is 0. The predicted molar refractivity (Wildman–Crippen MR) is 242 cm³/mol. The van der Waals surface area contributed by atoms with Crippen molar-refractivity contribution in [2.45, 2.75) is 139 Å². The average molecular weight is 982 g/mol. The summed E-state index contributed by atoms with van der Waals surface area (Å²) in [5, 5.41) is 40.5. The fourth-order valence-electron chi connectivity index (χ4n) is 7.60. The third-order valence-electron chi connectivity index (χ3n) is 11.1. The van der Waals surface area contributed by atoms with Crippen LogP contribution in [0, 0.1) is 5.92 Å². The van der Waals surface area contributed by atoms with E-state index in [9.17, 15) is 63.0 Å². The Labute approximate surface area is 396 Å². The number of hydrogen-bond acceptors (Lipinski definition) is 14. The van der Waals surface area contributed by atoms with Gasteiger partial charge in [-0.15, -0.1) is 0 Å². The molecule has 0 aromatic carbocycles. The van der Waals surface area contributed by atoms with E-state index in [1.54, 1.807) is 13.8 Å². The van der Waals surface area contributed by atoms with E-state index < -0.39 is 139 Å². The molecule has 0 aromatic rings. The van der Waals surface area contributed by atoms with E-state index in [4.69, 9.17) is 39.5 Å². The molecule has 0 spiro atoms. The van der Waals surface area contributed by atoms with Crippen LogP contribution < -0.4 is 61.0 Å². The smallest absolute Gasteiger partial charge is 0.326 e. The number of aliphatic imine (C=N–C) groups is 2. The van der Waals surface area contributed by atoms with Crippen LogP contribution in [0.4, 0.5) is 0 Å². The van der Waals surface area contributed by atoms with Gasteiger partial charge in [0.05, 0.1) is 18.9 Å². The highest BCUT2D eigenvalue weighted by atomic mass is 16.4. The molecule has 0 saturated carbocycles. The topological polar surface area (TPSA) is 496 Å². The Balaban J connectivity index is 2.30. The minimum absolute atomic E-state index is 0.0231. The van der Waals surface area contributed by atoms with Gasteiger partial charge in [0, 0.05) is 32.6 Å². The molecular formula is C40H67N15O14. The normalized spacial score (nSPS) is 18.0. The fourth-order valence-corrected chi connectivity index (χ4v) is 7.60. The summed E-state index contributed by atoms with van der Waals surface area (Å²) in [6, 6.07) is -11.4. The van der Waals surface area contributed by atoms with Crippen molar-refractivity contribution >= 4 is 77.1 Å². The third kappa shape index (κ3) is 19.4. The molecule has 2 aliphatic rings. The molecule has 8 atom stereocenters. The Bertz CT molecular complexity index is 1960. The zero-order chi connectivity index (χ0) is 52.1. The molecule has 2 aliphatic heterocycles. The van der Waals surface area contributed by atoms with Crippen molar-refractivity contribution in [1.82, 2.24) is 36.4 Å². The summed E-state index contributed by atoms with van der Waals surface area (Å²) >= 11 is 0. The first-order valence-electron chi connectivity index (χ1n) is 22.3. The Morgan fingerprint density at radius 3 is 1.48 bits per heavy atom. The van der Waals surface area contributed by atoms with E-state index in [2.05, 4.69) is 36.6 Å². The number of carboxylic acids is 3. The van der Waals surface area contributed by atoms with Gasteiger partial charge in [0.25, 0.3) is 0 Å². The second kappa shape index (κ2) is 28.1. The minimum atomic E-state index is -1.79. The zero-order valence-electron chi connectivity index (χ0n) is 38.6. The molecule has 2 saturated heterocycles. The Kier molecular flexibility index (Phi) is 23.5. The van der Waals surface area contributed by atoms with Crippen molar-refractivity contribution in [3.63, 3.8) is 0 Å². The summed E-state index contributed by atoms with van der Waals surface area (Å²) in [7, 11) is 0. The van der Waals surface area contributed by atoms with Gasteiger partial charge in [-0.25, -0.2) is 4.79 Å². The zero-order valence-corrected chi connectivity index (χ0v) is 38.6. The van der Waals surface area contributed by atoms with Gasteiger partial charge in [-0.1, -0.05) is 13.8 Å². The number of carbonyl (C=O) groups is 11. The van der Waals surface area contributed by atoms with Crippen molar-refractivity contribution < 1.29 is 68.1 Å². The lowest BCUT2D eigenvalue weighted by Gasteiger charge is -2.32. The van der Waals surface area contributed by atoms with Gasteiger partial charge in [-0.05, 0) is 63.7 Å². The van der Waals surface area contributed by atoms with Crippen molar-refractivity contribution in [1.29, 1.82) is 0 Å². The number of nitrogens with zero attached hydrogens (tertiary/aromatic N) is 4. The van der Waals surface area contributed by atoms with Crippen molar-refractivity contribution in [3.05, 3.63) is 0 Å². The molecule has 2 heterocycles. The van der Waals surface area contributed by atoms with Crippen LogP contribution in [0.15, 0.2) is 9.98 Å². The molecule has 29 nitrogen and oxygen atoms in total. The lowest BCUT2D eigenvalue weighted by atomic mass is 10.0. The third-order valence-corrected chi connectivity index (χ3v) is 11.1. The van der Waals surface area contributed by atoms with Crippen LogP contribution in [0.5, 0.6) is 0 Å². The van der Waals surface area contributed by atoms with Crippen LogP contribution >= 0.6 is 0 Å². The molecule has 20 N–H and O–H groups in total. The number of hydrogen-bond donors (Lipinski definition) is 14. The van der Waals surface area contributed by atoms with E-state index >= 15 is 0 Å². The molecule has 8 amide bonds. The van der Waals surface area contributed by atoms with E-state index in [0.717, 1.165) is 4.90 Å². The van der Waals surface area contributed by atoms with Crippen LogP contribution in [0.1, 0.15) is 90.9 Å². The van der Waals surface area contributed by atoms with Gasteiger partial charge in [-0.3, -0.25) is 57.9 Å². The lowest BCUT2D eigenvalue weighted by molar-refractivity contribution is -0.145. The Morgan fingerprint density at radius 2 is 1.03 bits per heavy atom. The van der Waals surface area contributed by atoms with Crippen molar-refractivity contribution in [2.24, 2.45) is 50.3 Å². The van der Waals surface area contributed by atoms with Gasteiger partial charge < -0.3 is 86.1 Å². The number of nitrogens with two attached hydrogens (primary N) is 6. The summed E-state index contributed by atoms with van der Waals surface area (Å²) in [4.78, 5) is 152. The molecule has 0 bridgehead atoms. The lowest BCUT2D eigenvalue weighted by Crippen LogP contribution is -2.60. The molecule has 386 valence electrons. The maximum Gasteiger partial charge on any atom is 0.326 e. The number of nitrogens with one attached hydrogen (secondary N) is 5. The molecule has 0 aliphatic carbocycles. The second-order valence-electron chi connectivity index (χ2n) is 16.9. The first-order chi connectivity index (χ1) is 32.3. The standard InChI is InChI=1S/C40H67N15O14/c1-19(2)30(53-34(64)26-10-6-16-55(26)36(66)21(7-3-13-47-39(43)44)49-31(61)20(41)17-28(57)58)35(65)50-22(11-12-27(42)56)37(67)54-15-5-9-25(54)33(63)52-24(18-29(59)60)32(62)51-23(38(68)69)8-4-14-48-40(45)46/h19-26,30H,3-18,41H2,1-2H3,(H2,42,56)(H,49,61)(H,50,65)(H,51,62)(H,52,63)(H,53,64)(H,57,58)(H,59,60)(H,68,69)(H4,43,44,47)(H4,45,46,48)/t20-,21-,22-,23-,24-,25-,26-,30-/m0/s1. The number of primary amides is 1. The maximum absolute atomic E-state index is 14.2. The van der Waals surface area contributed by atoms with Gasteiger partial charge in [-0.2, -0.15) is 0 Å². The summed E-state index contributed by atoms with van der Waals surface area (Å²) in [5.74, 6) is -12.5. The molecule has 29 heteroatoms. The largest absolute Gasteiger partial charge is 0.481 e. The van der Waals surface area contributed by atoms with Crippen LogP contribution in [-0.4, -0.2) is 177 Å². The van der Waals surface area contributed by atoms with Crippen molar-refractivity contribution in [3.8, 4) is 0 Å². The first kappa shape index (κ1) is 57.8. The number of carbonyl (C=O) groups excluding carboxylic acids is 8. The fraction of sp³-hybridized carbons (Fsp3) is 0.675. The maximum atomic E-state index is 14.2. The molecular weight excluding hydrogens is 915 g/mol. The van der Waals surface area contributed by atoms with Crippen molar-refractivity contribution in [2.75, 3.05) is 26.2 Å². The van der Waals surface area contributed by atoms with Crippen LogP contribution in [0.25, 0.3) is 0 Å². The molecule has 2 rings (SSSR count). The molecule has 0 radical (unpaired) electrons. The number of aliphatic carboxylic acids is 3. The number of likely N-dealkylation sites (tertiary alicyclic amines) is 2. The molecule has 0 unspecified atom stereocenters. The number of rotatable bonds is 29. The highest BCUT2D eigenvalue weighted by Crippen LogP contribution is 2.23. The van der Waals surface area contributed by atoms with E-state index in [1.807, 2.05) is 0 Å². The van der Waals surface area contributed by atoms with Gasteiger partial charge >= 0.3 is 17.9 Å². The summed E-state index contributed by atoms with van der Waals surface area (Å²) in [6.45, 7) is 3.28.